The second-order valence-electron chi connectivity index (χ2n) is 4.28. The van der Waals surface area contributed by atoms with Gasteiger partial charge in [-0.3, -0.25) is 0 Å². The fraction of sp³-hybridized carbons (Fsp3) is 1.00. The minimum absolute atomic E-state index is 1.01. The third-order valence-corrected chi connectivity index (χ3v) is 3.21. The van der Waals surface area contributed by atoms with Crippen LogP contribution in [0.4, 0.5) is 0 Å². The largest absolute Gasteiger partial charge is 0.110 e. The van der Waals surface area contributed by atoms with Gasteiger partial charge in [0, 0.05) is 0 Å². The number of unbranched alkanes of at least 4 members (excludes halogenated alkanes) is 1. The molecule has 2 unspecified atom stereocenters. The van der Waals surface area contributed by atoms with Crippen molar-refractivity contribution in [1.82, 2.24) is 0 Å². The van der Waals surface area contributed by atoms with E-state index in [-0.39, 0.29) is 0 Å². The lowest BCUT2D eigenvalue weighted by Crippen LogP contribution is -2.18. The second-order valence-corrected chi connectivity index (χ2v) is 4.28. The molecule has 1 heterocycles. The molecule has 1 heteroatoms. The minimum Gasteiger partial charge on any atom is -0.0775 e. The van der Waals surface area contributed by atoms with Crippen LogP contribution in [0.15, 0.2) is 0 Å². The zero-order chi connectivity index (χ0) is 8.81. The van der Waals surface area contributed by atoms with Gasteiger partial charge in [-0.05, 0) is 18.3 Å². The molecule has 0 aromatic heterocycles. The van der Waals surface area contributed by atoms with Crippen LogP contribution in [0.1, 0.15) is 46.0 Å². The van der Waals surface area contributed by atoms with E-state index in [9.17, 15) is 0 Å². The van der Waals surface area contributed by atoms with E-state index in [0.29, 0.717) is 0 Å². The molecule has 0 saturated carbocycles. The molecule has 0 nitrogen and oxygen atoms in total. The maximum atomic E-state index is 2.53. The maximum absolute atomic E-state index is 2.53. The summed E-state index contributed by atoms with van der Waals surface area (Å²) in [6, 6.07) is 0. The third-order valence-electron chi connectivity index (χ3n) is 3.21. The molecule has 12 heavy (non-hydrogen) atoms. The highest BCUT2D eigenvalue weighted by Crippen LogP contribution is 2.31. The Hall–Kier alpha value is 0.0649. The first-order valence-corrected chi connectivity index (χ1v) is 5.68. The molecule has 0 aliphatic carbocycles. The summed E-state index contributed by atoms with van der Waals surface area (Å²) in [6.45, 7) is 4.63. The van der Waals surface area contributed by atoms with Gasteiger partial charge < -0.3 is 0 Å². The van der Waals surface area contributed by atoms with E-state index in [0.717, 1.165) is 11.8 Å². The molecule has 1 fully saturated rings. The van der Waals surface area contributed by atoms with E-state index in [1.165, 1.54) is 44.7 Å². The topological polar surface area (TPSA) is 0 Å². The average molecular weight is 165 g/mol. The van der Waals surface area contributed by atoms with Gasteiger partial charge in [0.1, 0.15) is 7.28 Å². The zero-order valence-corrected chi connectivity index (χ0v) is 8.68. The summed E-state index contributed by atoms with van der Waals surface area (Å²) >= 11 is 0. The van der Waals surface area contributed by atoms with Crippen molar-refractivity contribution < 1.29 is 0 Å². The van der Waals surface area contributed by atoms with Crippen molar-refractivity contribution in [2.24, 2.45) is 11.8 Å². The van der Waals surface area contributed by atoms with Crippen LogP contribution in [0, 0.1) is 11.8 Å². The Morgan fingerprint density at radius 3 is 2.58 bits per heavy atom. The summed E-state index contributed by atoms with van der Waals surface area (Å²) in [5.41, 5.74) is 0. The van der Waals surface area contributed by atoms with E-state index in [1.54, 1.807) is 0 Å². The van der Waals surface area contributed by atoms with E-state index >= 15 is 0 Å². The van der Waals surface area contributed by atoms with E-state index < -0.39 is 0 Å². The van der Waals surface area contributed by atoms with Crippen LogP contribution in [0.25, 0.3) is 0 Å². The molecule has 0 amide bonds. The first kappa shape index (κ1) is 10.1. The number of rotatable bonds is 4. The molecule has 1 aliphatic heterocycles. The molecule has 2 atom stereocenters. The fourth-order valence-electron chi connectivity index (χ4n) is 2.29. The van der Waals surface area contributed by atoms with Crippen LogP contribution in [0.5, 0.6) is 0 Å². The number of hydrogen-bond acceptors (Lipinski definition) is 0. The van der Waals surface area contributed by atoms with Gasteiger partial charge in [-0.25, -0.2) is 0 Å². The fourth-order valence-corrected chi connectivity index (χ4v) is 2.29. The summed E-state index contributed by atoms with van der Waals surface area (Å²) in [7, 11) is 2.53. The smallest absolute Gasteiger partial charge is 0.0775 e. The number of hydrogen-bond donors (Lipinski definition) is 0. The molecular formula is C11H22B. The highest BCUT2D eigenvalue weighted by atomic mass is 14.2. The van der Waals surface area contributed by atoms with Crippen molar-refractivity contribution >= 4 is 7.28 Å². The molecule has 1 saturated heterocycles. The van der Waals surface area contributed by atoms with Crippen LogP contribution >= 0.6 is 0 Å². The molecule has 0 aromatic rings. The molecule has 0 N–H and O–H groups in total. The lowest BCUT2D eigenvalue weighted by molar-refractivity contribution is 0.360. The normalized spacial score (nSPS) is 29.8. The quantitative estimate of drug-likeness (QED) is 0.556. The van der Waals surface area contributed by atoms with Crippen molar-refractivity contribution in [3.8, 4) is 0 Å². The van der Waals surface area contributed by atoms with Gasteiger partial charge in [0.2, 0.25) is 0 Å². The first-order chi connectivity index (χ1) is 5.86. The average Bonchev–Trinajstić information content (AvgIpc) is 2.15. The van der Waals surface area contributed by atoms with E-state index in [4.69, 9.17) is 0 Å². The van der Waals surface area contributed by atoms with Crippen molar-refractivity contribution in [3.05, 3.63) is 0 Å². The SMILES string of the molecule is CCCCC1C[B]CC(CC)C1. The van der Waals surface area contributed by atoms with Gasteiger partial charge in [0.15, 0.2) is 0 Å². The van der Waals surface area contributed by atoms with E-state index in [2.05, 4.69) is 21.1 Å². The molecule has 1 radical (unpaired) electrons. The van der Waals surface area contributed by atoms with Crippen molar-refractivity contribution in [3.63, 3.8) is 0 Å². The van der Waals surface area contributed by atoms with Crippen molar-refractivity contribution in [2.75, 3.05) is 0 Å². The molecular weight excluding hydrogens is 143 g/mol. The van der Waals surface area contributed by atoms with Gasteiger partial charge in [-0.15, -0.1) is 0 Å². The van der Waals surface area contributed by atoms with Crippen LogP contribution in [-0.4, -0.2) is 7.28 Å². The maximum Gasteiger partial charge on any atom is 0.110 e. The zero-order valence-electron chi connectivity index (χ0n) is 8.68. The van der Waals surface area contributed by atoms with Gasteiger partial charge in [-0.2, -0.15) is 0 Å². The highest BCUT2D eigenvalue weighted by molar-refractivity contribution is 6.35. The van der Waals surface area contributed by atoms with Crippen LogP contribution in [0.3, 0.4) is 0 Å². The Morgan fingerprint density at radius 2 is 1.92 bits per heavy atom. The monoisotopic (exact) mass is 165 g/mol. The van der Waals surface area contributed by atoms with Crippen LogP contribution < -0.4 is 0 Å². The summed E-state index contributed by atoms with van der Waals surface area (Å²) in [5, 5.41) is 0. The summed E-state index contributed by atoms with van der Waals surface area (Å²) in [5.74, 6) is 2.05. The Bertz CT molecular complexity index is 112. The lowest BCUT2D eigenvalue weighted by atomic mass is 9.55. The lowest BCUT2D eigenvalue weighted by Gasteiger charge is -2.27. The standard InChI is InChI=1S/C11H22B/c1-3-5-6-11-7-10(4-2)8-12-9-11/h10-11H,3-9H2,1-2H3. The van der Waals surface area contributed by atoms with Gasteiger partial charge in [0.05, 0.1) is 0 Å². The van der Waals surface area contributed by atoms with Crippen LogP contribution in [-0.2, 0) is 0 Å². The summed E-state index contributed by atoms with van der Waals surface area (Å²) in [4.78, 5) is 0. The van der Waals surface area contributed by atoms with Gasteiger partial charge in [0.25, 0.3) is 0 Å². The Labute approximate surface area is 78.4 Å². The molecule has 0 spiro atoms. The van der Waals surface area contributed by atoms with Crippen molar-refractivity contribution in [2.45, 2.75) is 58.6 Å². The summed E-state index contributed by atoms with van der Waals surface area (Å²) < 4.78 is 0. The van der Waals surface area contributed by atoms with Crippen molar-refractivity contribution in [1.29, 1.82) is 0 Å². The second kappa shape index (κ2) is 5.67. The predicted molar refractivity (Wildman–Crippen MR) is 56.8 cm³/mol. The summed E-state index contributed by atoms with van der Waals surface area (Å²) in [6.07, 6.45) is 9.97. The Morgan fingerprint density at radius 1 is 1.17 bits per heavy atom. The Kier molecular flexibility index (Phi) is 4.79. The molecule has 1 aliphatic rings. The molecule has 1 rings (SSSR count). The molecule has 0 aromatic carbocycles. The van der Waals surface area contributed by atoms with Gasteiger partial charge >= 0.3 is 0 Å². The highest BCUT2D eigenvalue weighted by Gasteiger charge is 2.20. The molecule has 0 bridgehead atoms. The predicted octanol–water partition coefficient (Wildman–Crippen LogP) is 3.76. The third kappa shape index (κ3) is 3.20. The Balaban J connectivity index is 2.16. The van der Waals surface area contributed by atoms with Gasteiger partial charge in [-0.1, -0.05) is 52.2 Å². The molecule has 69 valence electrons. The van der Waals surface area contributed by atoms with E-state index in [1.807, 2.05) is 0 Å². The van der Waals surface area contributed by atoms with Crippen LogP contribution in [0.2, 0.25) is 12.6 Å². The minimum atomic E-state index is 1.01. The first-order valence-electron chi connectivity index (χ1n) is 5.68.